The lowest BCUT2D eigenvalue weighted by molar-refractivity contribution is 0.388. The molecule has 3 aromatic heterocycles. The number of aromatic nitrogens is 4. The second-order valence-electron chi connectivity index (χ2n) is 10.6. The molecule has 0 saturated carbocycles. The van der Waals surface area contributed by atoms with Gasteiger partial charge in [0.05, 0.1) is 16.8 Å². The van der Waals surface area contributed by atoms with Crippen LogP contribution in [0.5, 0.6) is 0 Å². The summed E-state index contributed by atoms with van der Waals surface area (Å²) in [6, 6.07) is 1.56. The van der Waals surface area contributed by atoms with Crippen molar-refractivity contribution in [2.24, 2.45) is 5.92 Å². The van der Waals surface area contributed by atoms with Gasteiger partial charge in [0.15, 0.2) is 16.6 Å². The van der Waals surface area contributed by atoms with Crippen LogP contribution in [0.1, 0.15) is 89.5 Å². The lowest BCUT2D eigenvalue weighted by Gasteiger charge is -2.38. The van der Waals surface area contributed by atoms with E-state index < -0.39 is 11.5 Å². The summed E-state index contributed by atoms with van der Waals surface area (Å²) < 4.78 is 16.3. The summed E-state index contributed by atoms with van der Waals surface area (Å²) in [6.45, 7) is 13.4. The van der Waals surface area contributed by atoms with Gasteiger partial charge < -0.3 is 4.90 Å². The summed E-state index contributed by atoms with van der Waals surface area (Å²) in [6.07, 6.45) is 8.20. The number of nitrogens with zero attached hydrogens (tertiary/aromatic N) is 5. The Hall–Kier alpha value is -2.54. The first-order valence-corrected chi connectivity index (χ1v) is 13.6. The fourth-order valence-electron chi connectivity index (χ4n) is 5.26. The van der Waals surface area contributed by atoms with E-state index in [4.69, 9.17) is 16.6 Å². The zero-order chi connectivity index (χ0) is 26.1. The molecule has 6 nitrogen and oxygen atoms in total. The standard InChI is InChI=1S/C28H37ClFN5O/c1-7-8-9-10-20-14-31-23(16(2)3)24(19(20)6)35-27-21(13-22(30)25(29)32-27)26(33-28(35)36)34-15-17(4)11-12-18(34)5/h13-14,16-18H,7-12,15H2,1-6H3/t17-,18-/m0/s1. The van der Waals surface area contributed by atoms with Gasteiger partial charge in [0.25, 0.3) is 0 Å². The summed E-state index contributed by atoms with van der Waals surface area (Å²) in [5, 5.41) is 0.228. The van der Waals surface area contributed by atoms with Crippen LogP contribution in [-0.2, 0) is 6.42 Å². The van der Waals surface area contributed by atoms with E-state index in [0.29, 0.717) is 28.5 Å². The van der Waals surface area contributed by atoms with Gasteiger partial charge in [0.2, 0.25) is 0 Å². The van der Waals surface area contributed by atoms with Crippen molar-refractivity contribution < 1.29 is 4.39 Å². The first kappa shape index (κ1) is 26.5. The molecule has 194 valence electrons. The third-order valence-electron chi connectivity index (χ3n) is 7.41. The predicted octanol–water partition coefficient (Wildman–Crippen LogP) is 6.76. The molecular weight excluding hydrogens is 477 g/mol. The van der Waals surface area contributed by atoms with Crippen LogP contribution in [0.15, 0.2) is 17.1 Å². The number of rotatable bonds is 7. The molecule has 0 radical (unpaired) electrons. The van der Waals surface area contributed by atoms with E-state index in [0.717, 1.165) is 61.9 Å². The van der Waals surface area contributed by atoms with Crippen molar-refractivity contribution in [2.75, 3.05) is 11.4 Å². The Morgan fingerprint density at radius 3 is 2.64 bits per heavy atom. The lowest BCUT2D eigenvalue weighted by Crippen LogP contribution is -2.43. The van der Waals surface area contributed by atoms with Crippen LogP contribution in [0.3, 0.4) is 0 Å². The Balaban J connectivity index is 2.02. The van der Waals surface area contributed by atoms with Gasteiger partial charge in [-0.1, -0.05) is 52.1 Å². The van der Waals surface area contributed by atoms with Crippen LogP contribution in [0, 0.1) is 18.7 Å². The van der Waals surface area contributed by atoms with Gasteiger partial charge in [-0.15, -0.1) is 0 Å². The van der Waals surface area contributed by atoms with E-state index in [1.54, 1.807) is 0 Å². The van der Waals surface area contributed by atoms with Gasteiger partial charge >= 0.3 is 5.69 Å². The predicted molar refractivity (Wildman–Crippen MR) is 145 cm³/mol. The molecule has 0 unspecified atom stereocenters. The van der Waals surface area contributed by atoms with Crippen LogP contribution in [0.2, 0.25) is 5.15 Å². The number of aryl methyl sites for hydroxylation is 1. The molecule has 1 aliphatic rings. The summed E-state index contributed by atoms with van der Waals surface area (Å²) in [7, 11) is 0. The number of hydrogen-bond acceptors (Lipinski definition) is 5. The van der Waals surface area contributed by atoms with Crippen molar-refractivity contribution in [3.63, 3.8) is 0 Å². The van der Waals surface area contributed by atoms with E-state index in [9.17, 15) is 9.18 Å². The quantitative estimate of drug-likeness (QED) is 0.258. The van der Waals surface area contributed by atoms with E-state index in [-0.39, 0.29) is 17.1 Å². The molecule has 0 bridgehead atoms. The van der Waals surface area contributed by atoms with Gasteiger partial charge in [-0.2, -0.15) is 4.98 Å². The third kappa shape index (κ3) is 4.99. The highest BCUT2D eigenvalue weighted by Crippen LogP contribution is 2.34. The second-order valence-corrected chi connectivity index (χ2v) is 11.0. The minimum absolute atomic E-state index is 0.0592. The van der Waals surface area contributed by atoms with Gasteiger partial charge in [-0.05, 0) is 68.6 Å². The smallest absolute Gasteiger partial charge is 0.353 e. The molecule has 0 aliphatic carbocycles. The summed E-state index contributed by atoms with van der Waals surface area (Å²) >= 11 is 6.20. The zero-order valence-corrected chi connectivity index (χ0v) is 23.0. The summed E-state index contributed by atoms with van der Waals surface area (Å²) in [5.41, 5.74) is 3.41. The lowest BCUT2D eigenvalue weighted by atomic mass is 9.95. The Morgan fingerprint density at radius 2 is 1.94 bits per heavy atom. The molecule has 0 spiro atoms. The molecule has 1 saturated heterocycles. The fourth-order valence-corrected chi connectivity index (χ4v) is 5.39. The maximum absolute atomic E-state index is 14.8. The van der Waals surface area contributed by atoms with E-state index in [1.807, 2.05) is 27.0 Å². The maximum atomic E-state index is 14.8. The summed E-state index contributed by atoms with van der Waals surface area (Å²) in [5.74, 6) is 0.361. The SMILES string of the molecule is CCCCCc1cnc(C(C)C)c(-n2c(=O)nc(N3C[C@@H](C)CC[C@@H]3C)c3cc(F)c(Cl)nc32)c1C. The van der Waals surface area contributed by atoms with E-state index >= 15 is 0 Å². The molecule has 2 atom stereocenters. The molecule has 3 aromatic rings. The van der Waals surface area contributed by atoms with Crippen LogP contribution >= 0.6 is 11.6 Å². The van der Waals surface area contributed by atoms with Gasteiger partial charge in [-0.3, -0.25) is 4.98 Å². The minimum atomic E-state index is -0.623. The van der Waals surface area contributed by atoms with Crippen LogP contribution in [0.4, 0.5) is 10.2 Å². The second kappa shape index (κ2) is 10.8. The van der Waals surface area contributed by atoms with Gasteiger partial charge in [0.1, 0.15) is 5.82 Å². The fraction of sp³-hybridized carbons (Fsp3) is 0.571. The van der Waals surface area contributed by atoms with Crippen molar-refractivity contribution in [3.8, 4) is 5.69 Å². The first-order chi connectivity index (χ1) is 17.1. The maximum Gasteiger partial charge on any atom is 0.355 e. The number of hydrogen-bond donors (Lipinski definition) is 0. The van der Waals surface area contributed by atoms with Crippen LogP contribution in [0.25, 0.3) is 16.7 Å². The van der Waals surface area contributed by atoms with Crippen LogP contribution in [-0.4, -0.2) is 32.1 Å². The highest BCUT2D eigenvalue weighted by molar-refractivity contribution is 6.30. The summed E-state index contributed by atoms with van der Waals surface area (Å²) in [4.78, 5) is 29.7. The molecule has 0 N–H and O–H groups in total. The molecule has 1 fully saturated rings. The normalized spacial score (nSPS) is 18.4. The average Bonchev–Trinajstić information content (AvgIpc) is 2.83. The van der Waals surface area contributed by atoms with Crippen molar-refractivity contribution in [1.29, 1.82) is 0 Å². The highest BCUT2D eigenvalue weighted by atomic mass is 35.5. The van der Waals surface area contributed by atoms with Crippen LogP contribution < -0.4 is 10.6 Å². The molecule has 0 amide bonds. The molecule has 8 heteroatoms. The Kier molecular flexibility index (Phi) is 7.98. The number of fused-ring (bicyclic) bond motifs is 1. The monoisotopic (exact) mass is 513 g/mol. The number of unbranched alkanes of at least 4 members (excludes halogenated alkanes) is 2. The Bertz CT molecular complexity index is 1320. The van der Waals surface area contributed by atoms with Crippen molar-refractivity contribution in [1.82, 2.24) is 19.5 Å². The number of halogens is 2. The molecule has 4 rings (SSSR count). The van der Waals surface area contributed by atoms with Crippen molar-refractivity contribution in [2.45, 2.75) is 92.0 Å². The molecule has 4 heterocycles. The molecule has 36 heavy (non-hydrogen) atoms. The largest absolute Gasteiger partial charge is 0.355 e. The van der Waals surface area contributed by atoms with E-state index in [2.05, 4.69) is 35.6 Å². The highest BCUT2D eigenvalue weighted by Gasteiger charge is 2.29. The number of anilines is 1. The third-order valence-corrected chi connectivity index (χ3v) is 7.67. The number of pyridine rings is 2. The van der Waals surface area contributed by atoms with Gasteiger partial charge in [0, 0.05) is 18.8 Å². The minimum Gasteiger partial charge on any atom is -0.353 e. The molecular formula is C28H37ClFN5O. The molecule has 1 aliphatic heterocycles. The van der Waals surface area contributed by atoms with Crippen molar-refractivity contribution >= 4 is 28.5 Å². The Labute approximate surface area is 217 Å². The Morgan fingerprint density at radius 1 is 1.19 bits per heavy atom. The average molecular weight is 514 g/mol. The van der Waals surface area contributed by atoms with E-state index in [1.165, 1.54) is 10.6 Å². The van der Waals surface area contributed by atoms with Gasteiger partial charge in [-0.25, -0.2) is 18.7 Å². The topological polar surface area (TPSA) is 63.9 Å². The first-order valence-electron chi connectivity index (χ1n) is 13.2. The zero-order valence-electron chi connectivity index (χ0n) is 22.2. The molecule has 0 aromatic carbocycles. The number of piperidine rings is 1. The van der Waals surface area contributed by atoms with Crippen molar-refractivity contribution in [3.05, 3.63) is 50.5 Å².